The molecule has 3 atom stereocenters. The molecule has 0 amide bonds. The van der Waals surface area contributed by atoms with Crippen molar-refractivity contribution in [1.82, 2.24) is 0 Å². The third-order valence-corrected chi connectivity index (χ3v) is 5.97. The van der Waals surface area contributed by atoms with Crippen molar-refractivity contribution in [2.45, 2.75) is 68.0 Å². The van der Waals surface area contributed by atoms with Gasteiger partial charge in [-0.05, 0) is 34.1 Å². The molecule has 1 N–H and O–H groups in total. The van der Waals surface area contributed by atoms with Gasteiger partial charge in [0.1, 0.15) is 10.5 Å². The van der Waals surface area contributed by atoms with Crippen LogP contribution in [0.15, 0.2) is 0 Å². The Morgan fingerprint density at radius 3 is 1.89 bits per heavy atom. The molecule has 158 valence electrons. The summed E-state index contributed by atoms with van der Waals surface area (Å²) in [7, 11) is -6.49. The van der Waals surface area contributed by atoms with Gasteiger partial charge in [0, 0.05) is 0 Å². The lowest BCUT2D eigenvalue weighted by atomic mass is 9.92. The molecule has 1 heterocycles. The molecular weight excluding hydrogens is 420 g/mol. The molecular formula is C14H20F4O7S2. The molecule has 27 heavy (non-hydrogen) atoms. The second kappa shape index (κ2) is 8.11. The Bertz CT molecular complexity index is 679. The van der Waals surface area contributed by atoms with Gasteiger partial charge in [0.25, 0.3) is 0 Å². The van der Waals surface area contributed by atoms with Gasteiger partial charge in [-0.25, -0.2) is 0 Å². The minimum atomic E-state index is -6.49. The fraction of sp³-hybridized carbons (Fsp3) is 0.857. The molecule has 0 aliphatic carbocycles. The van der Waals surface area contributed by atoms with Gasteiger partial charge in [0.2, 0.25) is 0 Å². The van der Waals surface area contributed by atoms with Gasteiger partial charge >= 0.3 is 33.2 Å². The molecule has 13 heteroatoms. The van der Waals surface area contributed by atoms with Crippen molar-refractivity contribution >= 4 is 33.8 Å². The van der Waals surface area contributed by atoms with Gasteiger partial charge in [0.05, 0.1) is 18.1 Å². The van der Waals surface area contributed by atoms with E-state index in [2.05, 4.69) is 0 Å². The zero-order chi connectivity index (χ0) is 21.4. The molecule has 1 fully saturated rings. The summed E-state index contributed by atoms with van der Waals surface area (Å²) in [5, 5.41) is -9.23. The standard InChI is InChI=1S/C14H20F4O7S2/c1-6(2)24-11(19)9-5-8(10(26-9)12(20)25-7(3)4)13(15,16)14(17,18)27(21,22)23/h6-10H,5H2,1-4H3,(H,21,22,23). The number of halogens is 4. The third kappa shape index (κ3) is 5.05. The third-order valence-electron chi connectivity index (χ3n) is 3.52. The van der Waals surface area contributed by atoms with Crippen LogP contribution in [0.2, 0.25) is 0 Å². The van der Waals surface area contributed by atoms with Crippen LogP contribution in [-0.2, 0) is 29.2 Å². The molecule has 0 aromatic heterocycles. The maximum atomic E-state index is 14.4. The van der Waals surface area contributed by atoms with E-state index in [-0.39, 0.29) is 0 Å². The van der Waals surface area contributed by atoms with Crippen molar-refractivity contribution in [3.05, 3.63) is 0 Å². The van der Waals surface area contributed by atoms with Gasteiger partial charge in [-0.2, -0.15) is 26.0 Å². The molecule has 0 saturated carbocycles. The van der Waals surface area contributed by atoms with E-state index in [1.54, 1.807) is 0 Å². The smallest absolute Gasteiger partial charge is 0.431 e. The van der Waals surface area contributed by atoms with Crippen LogP contribution in [0.25, 0.3) is 0 Å². The lowest BCUT2D eigenvalue weighted by molar-refractivity contribution is -0.197. The minimum absolute atomic E-state index is 0.334. The topological polar surface area (TPSA) is 107 Å². The normalized spacial score (nSPS) is 24.3. The van der Waals surface area contributed by atoms with Crippen LogP contribution in [0.4, 0.5) is 17.6 Å². The maximum Gasteiger partial charge on any atom is 0.431 e. The van der Waals surface area contributed by atoms with Crippen LogP contribution in [0.1, 0.15) is 34.1 Å². The molecule has 1 rings (SSSR count). The molecule has 3 unspecified atom stereocenters. The lowest BCUT2D eigenvalue weighted by Gasteiger charge is -2.31. The molecule has 1 aliphatic rings. The molecule has 0 spiro atoms. The number of rotatable bonds is 7. The highest BCUT2D eigenvalue weighted by Gasteiger charge is 2.72. The Balaban J connectivity index is 3.28. The SMILES string of the molecule is CC(C)OC(=O)C1CC(C(F)(F)C(F)(F)S(=O)(=O)O)C(C(=O)OC(C)C)S1. The highest BCUT2D eigenvalue weighted by atomic mass is 32.2. The number of esters is 2. The number of hydrogen-bond donors (Lipinski definition) is 1. The zero-order valence-corrected chi connectivity index (χ0v) is 16.5. The minimum Gasteiger partial charge on any atom is -0.462 e. The van der Waals surface area contributed by atoms with Crippen LogP contribution >= 0.6 is 11.8 Å². The number of carbonyl (C=O) groups is 2. The van der Waals surface area contributed by atoms with Gasteiger partial charge in [-0.15, -0.1) is 11.8 Å². The van der Waals surface area contributed by atoms with Crippen LogP contribution < -0.4 is 0 Å². The molecule has 1 saturated heterocycles. The van der Waals surface area contributed by atoms with Crippen LogP contribution in [-0.4, -0.2) is 58.8 Å². The van der Waals surface area contributed by atoms with Crippen LogP contribution in [0.3, 0.4) is 0 Å². The number of hydrogen-bond acceptors (Lipinski definition) is 7. The van der Waals surface area contributed by atoms with Gasteiger partial charge in [0.15, 0.2) is 0 Å². The summed E-state index contributed by atoms with van der Waals surface area (Å²) in [6.45, 7) is 5.73. The van der Waals surface area contributed by atoms with Crippen molar-refractivity contribution in [1.29, 1.82) is 0 Å². The summed E-state index contributed by atoms with van der Waals surface area (Å²) >= 11 is 0.334. The van der Waals surface area contributed by atoms with E-state index in [1.807, 2.05) is 0 Å². The fourth-order valence-electron chi connectivity index (χ4n) is 2.39. The second-order valence-electron chi connectivity index (χ2n) is 6.47. The van der Waals surface area contributed by atoms with Crippen molar-refractivity contribution < 1.29 is 49.6 Å². The van der Waals surface area contributed by atoms with Gasteiger partial charge < -0.3 is 9.47 Å². The molecule has 0 radical (unpaired) electrons. The molecule has 0 aromatic rings. The number of thioether (sulfide) groups is 1. The van der Waals surface area contributed by atoms with Gasteiger partial charge in [-0.3, -0.25) is 14.1 Å². The Morgan fingerprint density at radius 1 is 1.04 bits per heavy atom. The largest absolute Gasteiger partial charge is 0.462 e. The maximum absolute atomic E-state index is 14.4. The molecule has 1 aliphatic heterocycles. The predicted octanol–water partition coefficient (Wildman–Crippen LogP) is 2.50. The summed E-state index contributed by atoms with van der Waals surface area (Å²) in [6, 6.07) is 0. The first kappa shape index (κ1) is 24.0. The van der Waals surface area contributed by atoms with Crippen molar-refractivity contribution in [3.63, 3.8) is 0 Å². The van der Waals surface area contributed by atoms with E-state index < -0.39 is 68.3 Å². The quantitative estimate of drug-likeness (QED) is 0.366. The fourth-order valence-corrected chi connectivity index (χ4v) is 4.36. The average Bonchev–Trinajstić information content (AvgIpc) is 2.90. The summed E-state index contributed by atoms with van der Waals surface area (Å²) in [5.41, 5.74) is 0. The van der Waals surface area contributed by atoms with Gasteiger partial charge in [-0.1, -0.05) is 0 Å². The van der Waals surface area contributed by atoms with E-state index >= 15 is 0 Å². The zero-order valence-electron chi connectivity index (χ0n) is 14.8. The average molecular weight is 440 g/mol. The van der Waals surface area contributed by atoms with Crippen LogP contribution in [0.5, 0.6) is 0 Å². The molecule has 7 nitrogen and oxygen atoms in total. The Kier molecular flexibility index (Phi) is 7.20. The number of carbonyl (C=O) groups excluding carboxylic acids is 2. The Hall–Kier alpha value is -1.08. The van der Waals surface area contributed by atoms with E-state index in [0.29, 0.717) is 11.8 Å². The van der Waals surface area contributed by atoms with E-state index in [9.17, 15) is 35.6 Å². The second-order valence-corrected chi connectivity index (χ2v) is 9.29. The van der Waals surface area contributed by atoms with Crippen molar-refractivity contribution in [3.8, 4) is 0 Å². The first-order chi connectivity index (χ1) is 12.0. The first-order valence-electron chi connectivity index (χ1n) is 7.81. The molecule has 0 aromatic carbocycles. The lowest BCUT2D eigenvalue weighted by Crippen LogP contribution is -2.54. The Morgan fingerprint density at radius 2 is 1.48 bits per heavy atom. The summed E-state index contributed by atoms with van der Waals surface area (Å²) in [4.78, 5) is 24.1. The number of alkyl halides is 4. The van der Waals surface area contributed by atoms with E-state index in [1.165, 1.54) is 27.7 Å². The van der Waals surface area contributed by atoms with E-state index in [0.717, 1.165) is 0 Å². The van der Waals surface area contributed by atoms with Crippen molar-refractivity contribution in [2.75, 3.05) is 0 Å². The number of ether oxygens (including phenoxy) is 2. The predicted molar refractivity (Wildman–Crippen MR) is 87.2 cm³/mol. The monoisotopic (exact) mass is 440 g/mol. The first-order valence-corrected chi connectivity index (χ1v) is 10.2. The highest BCUT2D eigenvalue weighted by molar-refractivity contribution is 8.02. The van der Waals surface area contributed by atoms with E-state index in [4.69, 9.17) is 14.0 Å². The highest BCUT2D eigenvalue weighted by Crippen LogP contribution is 2.53. The van der Waals surface area contributed by atoms with Crippen LogP contribution in [0, 0.1) is 5.92 Å². The summed E-state index contributed by atoms with van der Waals surface area (Å²) in [6.07, 6.45) is -2.36. The summed E-state index contributed by atoms with van der Waals surface area (Å²) < 4.78 is 95.9. The van der Waals surface area contributed by atoms with Crippen molar-refractivity contribution in [2.24, 2.45) is 5.92 Å². The Labute approximate surface area is 157 Å². The summed E-state index contributed by atoms with van der Waals surface area (Å²) in [5.74, 6) is -10.2. The molecule has 0 bridgehead atoms.